The van der Waals surface area contributed by atoms with Gasteiger partial charge in [-0.05, 0) is 31.4 Å². The molecule has 0 aliphatic heterocycles. The van der Waals surface area contributed by atoms with Crippen molar-refractivity contribution < 1.29 is 13.9 Å². The van der Waals surface area contributed by atoms with Gasteiger partial charge in [-0.1, -0.05) is 12.1 Å². The molecule has 2 N–H and O–H groups in total. The third-order valence-corrected chi connectivity index (χ3v) is 4.36. The van der Waals surface area contributed by atoms with Crippen LogP contribution in [0.5, 0.6) is 0 Å². The zero-order valence-corrected chi connectivity index (χ0v) is 12.2. The second kappa shape index (κ2) is 5.99. The molecule has 20 heavy (non-hydrogen) atoms. The lowest BCUT2D eigenvalue weighted by Crippen LogP contribution is -2.36. The fourth-order valence-corrected chi connectivity index (χ4v) is 2.77. The summed E-state index contributed by atoms with van der Waals surface area (Å²) in [6.45, 7) is 3.77. The number of rotatable bonds is 5. The first-order valence-electron chi connectivity index (χ1n) is 6.35. The van der Waals surface area contributed by atoms with Gasteiger partial charge in [0.1, 0.15) is 17.2 Å². The van der Waals surface area contributed by atoms with E-state index in [4.69, 9.17) is 0 Å². The number of halogens is 2. The first kappa shape index (κ1) is 15.1. The average molecular weight is 297 g/mol. The molecule has 2 atom stereocenters. The Kier molecular flexibility index (Phi) is 4.52. The molecule has 5 heteroatoms. The van der Waals surface area contributed by atoms with Gasteiger partial charge in [-0.15, -0.1) is 11.3 Å². The molecule has 0 bridgehead atoms. The highest BCUT2D eigenvalue weighted by atomic mass is 32.1. The van der Waals surface area contributed by atoms with Gasteiger partial charge < -0.3 is 10.4 Å². The summed E-state index contributed by atoms with van der Waals surface area (Å²) >= 11 is 1.47. The maximum atomic E-state index is 13.7. The van der Waals surface area contributed by atoms with Gasteiger partial charge in [-0.2, -0.15) is 0 Å². The van der Waals surface area contributed by atoms with E-state index in [1.807, 2.05) is 17.5 Å². The normalized spacial score (nSPS) is 15.8. The van der Waals surface area contributed by atoms with E-state index in [2.05, 4.69) is 5.32 Å². The minimum absolute atomic E-state index is 0.283. The Morgan fingerprint density at radius 3 is 2.70 bits per heavy atom. The van der Waals surface area contributed by atoms with Crippen LogP contribution in [0.15, 0.2) is 35.7 Å². The smallest absolute Gasteiger partial charge is 0.130 e. The lowest BCUT2D eigenvalue weighted by atomic mass is 10.0. The molecule has 2 nitrogen and oxygen atoms in total. The van der Waals surface area contributed by atoms with Gasteiger partial charge in [0.15, 0.2) is 0 Å². The van der Waals surface area contributed by atoms with E-state index in [-0.39, 0.29) is 12.6 Å². The van der Waals surface area contributed by atoms with Crippen molar-refractivity contribution in [2.24, 2.45) is 0 Å². The standard InChI is InChI=1S/C15H17F2NOS/c1-10(12-6-5-11(16)8-13(12)17)18-9-15(2,19)14-4-3-7-20-14/h3-8,10,18-19H,9H2,1-2H3. The predicted molar refractivity (Wildman–Crippen MR) is 76.7 cm³/mol. The highest BCUT2D eigenvalue weighted by molar-refractivity contribution is 7.10. The van der Waals surface area contributed by atoms with E-state index in [1.54, 1.807) is 13.8 Å². The van der Waals surface area contributed by atoms with E-state index >= 15 is 0 Å². The molecule has 1 aromatic heterocycles. The van der Waals surface area contributed by atoms with Crippen molar-refractivity contribution >= 4 is 11.3 Å². The summed E-state index contributed by atoms with van der Waals surface area (Å²) in [6.07, 6.45) is 0. The molecular weight excluding hydrogens is 280 g/mol. The zero-order chi connectivity index (χ0) is 14.8. The molecule has 2 aromatic rings. The summed E-state index contributed by atoms with van der Waals surface area (Å²) < 4.78 is 26.5. The van der Waals surface area contributed by atoms with Gasteiger partial charge in [0.05, 0.1) is 0 Å². The van der Waals surface area contributed by atoms with Crippen molar-refractivity contribution in [3.05, 3.63) is 57.8 Å². The van der Waals surface area contributed by atoms with Crippen LogP contribution in [0.3, 0.4) is 0 Å². The molecule has 108 valence electrons. The van der Waals surface area contributed by atoms with E-state index in [0.29, 0.717) is 5.56 Å². The van der Waals surface area contributed by atoms with E-state index in [1.165, 1.54) is 23.5 Å². The minimum Gasteiger partial charge on any atom is -0.383 e. The Hall–Kier alpha value is -1.30. The largest absolute Gasteiger partial charge is 0.383 e. The van der Waals surface area contributed by atoms with Crippen LogP contribution in [-0.2, 0) is 5.60 Å². The van der Waals surface area contributed by atoms with Gasteiger partial charge in [0.2, 0.25) is 0 Å². The Morgan fingerprint density at radius 1 is 1.35 bits per heavy atom. The summed E-state index contributed by atoms with van der Waals surface area (Å²) in [5.41, 5.74) is -0.632. The second-order valence-electron chi connectivity index (χ2n) is 5.02. The van der Waals surface area contributed by atoms with E-state index in [0.717, 1.165) is 10.9 Å². The summed E-state index contributed by atoms with van der Waals surface area (Å²) in [6, 6.07) is 6.93. The highest BCUT2D eigenvalue weighted by Crippen LogP contribution is 2.26. The Balaban J connectivity index is 2.03. The van der Waals surface area contributed by atoms with Crippen molar-refractivity contribution in [3.63, 3.8) is 0 Å². The third-order valence-electron chi connectivity index (χ3n) is 3.23. The maximum Gasteiger partial charge on any atom is 0.130 e. The Morgan fingerprint density at radius 2 is 2.10 bits per heavy atom. The van der Waals surface area contributed by atoms with Crippen LogP contribution >= 0.6 is 11.3 Å². The predicted octanol–water partition coefficient (Wildman–Crippen LogP) is 3.58. The van der Waals surface area contributed by atoms with Crippen LogP contribution < -0.4 is 5.32 Å². The molecule has 0 radical (unpaired) electrons. The molecule has 0 amide bonds. The summed E-state index contributed by atoms with van der Waals surface area (Å²) in [5, 5.41) is 15.4. The third kappa shape index (κ3) is 3.42. The maximum absolute atomic E-state index is 13.7. The minimum atomic E-state index is -1.01. The van der Waals surface area contributed by atoms with Gasteiger partial charge in [0, 0.05) is 29.1 Å². The van der Waals surface area contributed by atoms with Crippen LogP contribution in [0.4, 0.5) is 8.78 Å². The molecule has 0 aliphatic carbocycles. The van der Waals surface area contributed by atoms with Gasteiger partial charge in [0.25, 0.3) is 0 Å². The highest BCUT2D eigenvalue weighted by Gasteiger charge is 2.25. The van der Waals surface area contributed by atoms with Crippen molar-refractivity contribution in [3.8, 4) is 0 Å². The molecule has 0 aliphatic rings. The van der Waals surface area contributed by atoms with Crippen LogP contribution in [-0.4, -0.2) is 11.7 Å². The molecule has 0 saturated heterocycles. The van der Waals surface area contributed by atoms with Gasteiger partial charge >= 0.3 is 0 Å². The topological polar surface area (TPSA) is 32.3 Å². The van der Waals surface area contributed by atoms with Gasteiger partial charge in [-0.3, -0.25) is 0 Å². The second-order valence-corrected chi connectivity index (χ2v) is 5.97. The number of thiophene rings is 1. The monoisotopic (exact) mass is 297 g/mol. The first-order valence-corrected chi connectivity index (χ1v) is 7.23. The first-order chi connectivity index (χ1) is 9.40. The summed E-state index contributed by atoms with van der Waals surface area (Å²) in [4.78, 5) is 0.844. The molecule has 1 aromatic carbocycles. The van der Waals surface area contributed by atoms with Crippen LogP contribution in [0.2, 0.25) is 0 Å². The SMILES string of the molecule is CC(NCC(C)(O)c1cccs1)c1ccc(F)cc1F. The zero-order valence-electron chi connectivity index (χ0n) is 11.4. The molecular formula is C15H17F2NOS. The fraction of sp³-hybridized carbons (Fsp3) is 0.333. The Bertz CT molecular complexity index is 569. The number of nitrogens with one attached hydrogen (secondary N) is 1. The van der Waals surface area contributed by atoms with Crippen molar-refractivity contribution in [2.75, 3.05) is 6.54 Å². The number of benzene rings is 1. The lowest BCUT2D eigenvalue weighted by Gasteiger charge is -2.25. The van der Waals surface area contributed by atoms with Gasteiger partial charge in [-0.25, -0.2) is 8.78 Å². The Labute approximate surface area is 121 Å². The van der Waals surface area contributed by atoms with Crippen LogP contribution in [0.1, 0.15) is 30.3 Å². The molecule has 2 unspecified atom stereocenters. The average Bonchev–Trinajstić information content (AvgIpc) is 2.90. The fourth-order valence-electron chi connectivity index (χ4n) is 1.99. The van der Waals surface area contributed by atoms with E-state index in [9.17, 15) is 13.9 Å². The quantitative estimate of drug-likeness (QED) is 0.884. The number of hydrogen-bond donors (Lipinski definition) is 2. The summed E-state index contributed by atoms with van der Waals surface area (Å²) in [7, 11) is 0. The molecule has 2 rings (SSSR count). The molecule has 0 saturated carbocycles. The van der Waals surface area contributed by atoms with E-state index < -0.39 is 17.2 Å². The summed E-state index contributed by atoms with van der Waals surface area (Å²) in [5.74, 6) is -1.18. The number of hydrogen-bond acceptors (Lipinski definition) is 3. The number of aliphatic hydroxyl groups is 1. The van der Waals surface area contributed by atoms with Crippen molar-refractivity contribution in [1.82, 2.24) is 5.32 Å². The van der Waals surface area contributed by atoms with Crippen molar-refractivity contribution in [2.45, 2.75) is 25.5 Å². The molecule has 1 heterocycles. The molecule has 0 fully saturated rings. The van der Waals surface area contributed by atoms with Crippen LogP contribution in [0, 0.1) is 11.6 Å². The molecule has 0 spiro atoms. The van der Waals surface area contributed by atoms with Crippen LogP contribution in [0.25, 0.3) is 0 Å². The van der Waals surface area contributed by atoms with Crippen molar-refractivity contribution in [1.29, 1.82) is 0 Å². The lowest BCUT2D eigenvalue weighted by molar-refractivity contribution is 0.0579.